The average Bonchev–Trinajstić information content (AvgIpc) is 3.39. The molecular formula is C19H21NO5S. The maximum Gasteiger partial charge on any atom is 0.326 e. The summed E-state index contributed by atoms with van der Waals surface area (Å²) in [5.74, 6) is 0.124. The summed E-state index contributed by atoms with van der Waals surface area (Å²) in [5.41, 5.74) is 1.68. The second-order valence-electron chi connectivity index (χ2n) is 6.06. The lowest BCUT2D eigenvalue weighted by Gasteiger charge is -2.07. The number of methoxy groups -OCH3 is 1. The summed E-state index contributed by atoms with van der Waals surface area (Å²) in [4.78, 5) is 12.5. The van der Waals surface area contributed by atoms with Crippen molar-refractivity contribution in [3.05, 3.63) is 59.7 Å². The molecule has 2 aromatic rings. The third-order valence-corrected chi connectivity index (χ3v) is 6.22. The van der Waals surface area contributed by atoms with E-state index in [9.17, 15) is 13.2 Å². The molecule has 1 unspecified atom stereocenters. The highest BCUT2D eigenvalue weighted by Crippen LogP contribution is 2.48. The molecule has 0 aromatic heterocycles. The number of rotatable bonds is 6. The van der Waals surface area contributed by atoms with Crippen LogP contribution >= 0.6 is 0 Å². The lowest BCUT2D eigenvalue weighted by atomic mass is 10.1. The summed E-state index contributed by atoms with van der Waals surface area (Å²) in [5, 5.41) is 0. The molecule has 0 bridgehead atoms. The first kappa shape index (κ1) is 18.4. The molecule has 6 nitrogen and oxygen atoms in total. The lowest BCUT2D eigenvalue weighted by molar-refractivity contribution is -0.143. The Balaban J connectivity index is 1.96. The van der Waals surface area contributed by atoms with Crippen molar-refractivity contribution in [2.24, 2.45) is 0 Å². The number of ether oxygens (including phenoxy) is 2. The van der Waals surface area contributed by atoms with Crippen molar-refractivity contribution in [2.45, 2.75) is 30.8 Å². The Hall–Kier alpha value is -2.38. The van der Waals surface area contributed by atoms with Gasteiger partial charge in [-0.1, -0.05) is 29.8 Å². The smallest absolute Gasteiger partial charge is 0.326 e. The highest BCUT2D eigenvalue weighted by molar-refractivity contribution is 7.89. The highest BCUT2D eigenvalue weighted by atomic mass is 32.2. The first-order chi connectivity index (χ1) is 12.4. The van der Waals surface area contributed by atoms with Crippen molar-refractivity contribution in [1.82, 2.24) is 4.31 Å². The normalized spacial score (nSPS) is 21.9. The predicted molar refractivity (Wildman–Crippen MR) is 96.4 cm³/mol. The Kier molecular flexibility index (Phi) is 5.02. The molecule has 1 saturated heterocycles. The second-order valence-corrected chi connectivity index (χ2v) is 7.91. The van der Waals surface area contributed by atoms with Crippen LogP contribution in [0.4, 0.5) is 0 Å². The summed E-state index contributed by atoms with van der Waals surface area (Å²) >= 11 is 0. The van der Waals surface area contributed by atoms with Crippen LogP contribution in [0.15, 0.2) is 53.4 Å². The van der Waals surface area contributed by atoms with Crippen LogP contribution in [0.1, 0.15) is 24.1 Å². The summed E-state index contributed by atoms with van der Waals surface area (Å²) in [7, 11) is -2.25. The molecule has 3 atom stereocenters. The van der Waals surface area contributed by atoms with Gasteiger partial charge >= 0.3 is 5.97 Å². The topological polar surface area (TPSA) is 72.7 Å². The summed E-state index contributed by atoms with van der Waals surface area (Å²) in [6, 6.07) is 12.2. The molecule has 1 aliphatic rings. The van der Waals surface area contributed by atoms with E-state index in [0.29, 0.717) is 5.75 Å². The van der Waals surface area contributed by atoms with Crippen LogP contribution in [0, 0.1) is 6.92 Å². The Morgan fingerprint density at radius 2 is 1.69 bits per heavy atom. The Labute approximate surface area is 153 Å². The molecule has 0 amide bonds. The van der Waals surface area contributed by atoms with Crippen LogP contribution < -0.4 is 4.74 Å². The van der Waals surface area contributed by atoms with Crippen LogP contribution in [-0.4, -0.2) is 38.5 Å². The number of carbonyl (C=O) groups excluding carboxylic acids is 1. The van der Waals surface area contributed by atoms with Crippen molar-refractivity contribution in [2.75, 3.05) is 13.7 Å². The largest absolute Gasteiger partial charge is 0.497 e. The van der Waals surface area contributed by atoms with Crippen LogP contribution in [0.5, 0.6) is 5.75 Å². The van der Waals surface area contributed by atoms with Crippen molar-refractivity contribution >= 4 is 16.0 Å². The Bertz CT molecular complexity index is 891. The number of aryl methyl sites for hydroxylation is 1. The fourth-order valence-electron chi connectivity index (χ4n) is 2.93. The Morgan fingerprint density at radius 1 is 1.08 bits per heavy atom. The van der Waals surface area contributed by atoms with Crippen molar-refractivity contribution in [3.8, 4) is 5.75 Å². The van der Waals surface area contributed by atoms with E-state index in [1.54, 1.807) is 62.6 Å². The van der Waals surface area contributed by atoms with Gasteiger partial charge in [0.1, 0.15) is 11.8 Å². The van der Waals surface area contributed by atoms with Crippen molar-refractivity contribution in [3.63, 3.8) is 0 Å². The highest BCUT2D eigenvalue weighted by Gasteiger charge is 2.61. The van der Waals surface area contributed by atoms with Gasteiger partial charge in [-0.2, -0.15) is 4.31 Å². The fraction of sp³-hybridized carbons (Fsp3) is 0.316. The van der Waals surface area contributed by atoms with Gasteiger partial charge in [-0.25, -0.2) is 8.42 Å². The second kappa shape index (κ2) is 7.09. The number of carbonyl (C=O) groups is 1. The van der Waals surface area contributed by atoms with E-state index in [4.69, 9.17) is 9.47 Å². The zero-order chi connectivity index (χ0) is 18.9. The number of benzene rings is 2. The molecule has 1 fully saturated rings. The van der Waals surface area contributed by atoms with E-state index < -0.39 is 28.1 Å². The van der Waals surface area contributed by atoms with E-state index in [-0.39, 0.29) is 11.5 Å². The van der Waals surface area contributed by atoms with Crippen molar-refractivity contribution in [1.29, 1.82) is 0 Å². The first-order valence-corrected chi connectivity index (χ1v) is 9.75. The van der Waals surface area contributed by atoms with E-state index >= 15 is 0 Å². The van der Waals surface area contributed by atoms with E-state index in [0.717, 1.165) is 11.1 Å². The summed E-state index contributed by atoms with van der Waals surface area (Å²) < 4.78 is 37.5. The standard InChI is InChI=1S/C19H21NO5S/c1-4-25-19(21)18-17(14-7-9-15(24-3)10-8-14)20(18)26(22,23)16-11-5-13(2)6-12-16/h5-12,17-18H,4H2,1-3H3/t17-,18-,20?/m1/s1. The van der Waals surface area contributed by atoms with Crippen LogP contribution in [0.2, 0.25) is 0 Å². The average molecular weight is 375 g/mol. The number of esters is 1. The maximum absolute atomic E-state index is 13.0. The molecule has 0 radical (unpaired) electrons. The van der Waals surface area contributed by atoms with E-state index in [1.165, 1.54) is 4.31 Å². The molecule has 138 valence electrons. The minimum Gasteiger partial charge on any atom is -0.497 e. The first-order valence-electron chi connectivity index (χ1n) is 8.31. The van der Waals surface area contributed by atoms with Gasteiger partial charge in [-0.3, -0.25) is 4.79 Å². The number of hydrogen-bond donors (Lipinski definition) is 0. The minimum atomic E-state index is -3.81. The van der Waals surface area contributed by atoms with Crippen molar-refractivity contribution < 1.29 is 22.7 Å². The molecule has 0 N–H and O–H groups in total. The zero-order valence-corrected chi connectivity index (χ0v) is 15.7. The zero-order valence-electron chi connectivity index (χ0n) is 14.9. The molecular weight excluding hydrogens is 354 g/mol. The molecule has 0 saturated carbocycles. The van der Waals surface area contributed by atoms with Gasteiger partial charge in [0, 0.05) is 0 Å². The van der Waals surface area contributed by atoms with Gasteiger partial charge in [0.05, 0.1) is 24.7 Å². The van der Waals surface area contributed by atoms with Gasteiger partial charge in [0.25, 0.3) is 0 Å². The number of hydrogen-bond acceptors (Lipinski definition) is 5. The third kappa shape index (κ3) is 3.32. The predicted octanol–water partition coefficient (Wildman–Crippen LogP) is 2.68. The Morgan fingerprint density at radius 3 is 2.23 bits per heavy atom. The fourth-order valence-corrected chi connectivity index (χ4v) is 4.64. The van der Waals surface area contributed by atoms with Crippen LogP contribution in [-0.2, 0) is 19.6 Å². The number of sulfonamides is 1. The molecule has 2 aromatic carbocycles. The SMILES string of the molecule is CCOC(=O)[C@H]1[C@@H](c2ccc(OC)cc2)N1S(=O)(=O)c1ccc(C)cc1. The van der Waals surface area contributed by atoms with E-state index in [1.807, 2.05) is 6.92 Å². The quantitative estimate of drug-likeness (QED) is 0.573. The van der Waals surface area contributed by atoms with Gasteiger partial charge < -0.3 is 9.47 Å². The van der Waals surface area contributed by atoms with Gasteiger partial charge in [0.2, 0.25) is 10.0 Å². The molecule has 1 aliphatic heterocycles. The van der Waals surface area contributed by atoms with Crippen LogP contribution in [0.25, 0.3) is 0 Å². The van der Waals surface area contributed by atoms with Gasteiger partial charge in [-0.05, 0) is 43.7 Å². The number of nitrogens with zero attached hydrogens (tertiary/aromatic N) is 1. The minimum absolute atomic E-state index is 0.161. The molecule has 7 heteroatoms. The summed E-state index contributed by atoms with van der Waals surface area (Å²) in [6.07, 6.45) is 0. The molecule has 0 aliphatic carbocycles. The monoisotopic (exact) mass is 375 g/mol. The molecule has 26 heavy (non-hydrogen) atoms. The molecule has 3 rings (SSSR count). The maximum atomic E-state index is 13.0. The lowest BCUT2D eigenvalue weighted by Crippen LogP contribution is -2.21. The molecule has 1 heterocycles. The van der Waals surface area contributed by atoms with Gasteiger partial charge in [0.15, 0.2) is 0 Å². The van der Waals surface area contributed by atoms with E-state index in [2.05, 4.69) is 0 Å². The third-order valence-electron chi connectivity index (χ3n) is 4.34. The molecule has 0 spiro atoms. The van der Waals surface area contributed by atoms with Gasteiger partial charge in [-0.15, -0.1) is 0 Å². The summed E-state index contributed by atoms with van der Waals surface area (Å²) in [6.45, 7) is 3.78. The van der Waals surface area contributed by atoms with Crippen LogP contribution in [0.3, 0.4) is 0 Å².